The molecule has 0 aromatic carbocycles. The van der Waals surface area contributed by atoms with Crippen molar-refractivity contribution in [2.75, 3.05) is 0 Å². The molecule has 1 fully saturated rings. The molecule has 0 radical (unpaired) electrons. The van der Waals surface area contributed by atoms with Crippen molar-refractivity contribution < 1.29 is 113 Å². The third-order valence-corrected chi connectivity index (χ3v) is 6.58. The Morgan fingerprint density at radius 3 is 0.611 bits per heavy atom. The summed E-state index contributed by atoms with van der Waals surface area (Å²) in [4.78, 5) is 114. The van der Waals surface area contributed by atoms with Crippen molar-refractivity contribution in [1.82, 2.24) is 0 Å². The van der Waals surface area contributed by atoms with Crippen molar-refractivity contribution in [2.24, 2.45) is 0 Å². The van der Waals surface area contributed by atoms with Crippen LogP contribution in [0.3, 0.4) is 0 Å². The second-order valence-corrected chi connectivity index (χ2v) is 13.4. The molecule has 10 N–H and O–H groups in total. The summed E-state index contributed by atoms with van der Waals surface area (Å²) in [6, 6.07) is 0. The maximum atomic E-state index is 11.4. The maximum absolute atomic E-state index is 11.4. The first kappa shape index (κ1) is 34.7. The zero-order valence-corrected chi connectivity index (χ0v) is 21.7. The lowest BCUT2D eigenvalue weighted by Crippen LogP contribution is -2.66. The van der Waals surface area contributed by atoms with E-state index >= 15 is 0 Å². The third-order valence-electron chi connectivity index (χ3n) is 3.49. The molecule has 0 aromatic rings. The summed E-state index contributed by atoms with van der Waals surface area (Å²) in [7, 11) is -36.8. The van der Waals surface area contributed by atoms with E-state index in [9.17, 15) is 37.2 Å². The quantitative estimate of drug-likeness (QED) is 0.0885. The van der Waals surface area contributed by atoms with Gasteiger partial charge in [-0.05, 0) is 0 Å². The zero-order valence-electron chi connectivity index (χ0n) is 16.3. The van der Waals surface area contributed by atoms with Gasteiger partial charge in [0.15, 0.2) is 0 Å². The smallest absolute Gasteiger partial charge is 0.470 e. The number of hydrogen-bond donors (Lipinski definition) is 10. The van der Waals surface area contributed by atoms with E-state index in [1.165, 1.54) is 0 Å². The van der Waals surface area contributed by atoms with Crippen LogP contribution in [0, 0.1) is 0 Å². The van der Waals surface area contributed by atoms with Crippen LogP contribution in [0.15, 0.2) is 0 Å². The second kappa shape index (κ2) is 11.6. The molecule has 1 saturated carbocycles. The SMILES string of the molecule is O=P([O-])([O-])OC1[C@@H](OP(=O)(O)O)[C@H](OP(=O)(O)O)C(OP(=O)(O)O)[C@H](OP(=O)(O)O)[C@@H]1OP(=O)(O)O. The fourth-order valence-electron chi connectivity index (χ4n) is 2.78. The van der Waals surface area contributed by atoms with E-state index in [0.29, 0.717) is 0 Å². The molecule has 1 rings (SSSR count). The van der Waals surface area contributed by atoms with E-state index in [1.807, 2.05) is 0 Å². The van der Waals surface area contributed by atoms with Gasteiger partial charge in [-0.1, -0.05) is 0 Å². The van der Waals surface area contributed by atoms with Gasteiger partial charge >= 0.3 is 39.1 Å². The molecule has 216 valence electrons. The predicted octanol–water partition coefficient (Wildman–Crippen LogP) is -4.40. The largest absolute Gasteiger partial charge is 0.790 e. The summed E-state index contributed by atoms with van der Waals surface area (Å²) in [6.45, 7) is 0. The van der Waals surface area contributed by atoms with Crippen LogP contribution in [0.25, 0.3) is 0 Å². The Hall–Kier alpha value is 0.660. The van der Waals surface area contributed by atoms with Crippen LogP contribution in [0.1, 0.15) is 0 Å². The molecule has 30 heteroatoms. The number of phosphoric ester groups is 6. The van der Waals surface area contributed by atoms with Crippen molar-refractivity contribution in [3.8, 4) is 0 Å². The van der Waals surface area contributed by atoms with Crippen LogP contribution in [0.2, 0.25) is 0 Å². The molecule has 0 aliphatic heterocycles. The molecule has 0 saturated heterocycles. The van der Waals surface area contributed by atoms with Gasteiger partial charge in [0.1, 0.15) is 36.6 Å². The van der Waals surface area contributed by atoms with Crippen LogP contribution in [0.5, 0.6) is 0 Å². The molecule has 6 atom stereocenters. The lowest BCUT2D eigenvalue weighted by Gasteiger charge is -2.50. The highest BCUT2D eigenvalue weighted by atomic mass is 31.2. The van der Waals surface area contributed by atoms with Gasteiger partial charge in [-0.3, -0.25) is 22.6 Å². The maximum Gasteiger partial charge on any atom is 0.470 e. The Balaban J connectivity index is 4.04. The summed E-state index contributed by atoms with van der Waals surface area (Å²) in [5.41, 5.74) is 0. The molecule has 1 aliphatic carbocycles. The van der Waals surface area contributed by atoms with E-state index in [2.05, 4.69) is 27.1 Å². The molecule has 1 aliphatic rings. The predicted molar refractivity (Wildman–Crippen MR) is 97.1 cm³/mol. The van der Waals surface area contributed by atoms with E-state index in [0.717, 1.165) is 0 Å². The zero-order chi connectivity index (χ0) is 28.7. The normalized spacial score (nSPS) is 29.3. The van der Waals surface area contributed by atoms with Gasteiger partial charge in [0, 0.05) is 0 Å². The van der Waals surface area contributed by atoms with Crippen LogP contribution >= 0.6 is 46.9 Å². The average Bonchev–Trinajstić information content (AvgIpc) is 2.51. The highest BCUT2D eigenvalue weighted by molar-refractivity contribution is 7.47. The van der Waals surface area contributed by atoms with Gasteiger partial charge in [0.25, 0.3) is 0 Å². The molecule has 0 spiro atoms. The number of phosphoric acid groups is 6. The van der Waals surface area contributed by atoms with Crippen LogP contribution < -0.4 is 9.79 Å². The van der Waals surface area contributed by atoms with Gasteiger partial charge in [-0.25, -0.2) is 22.8 Å². The van der Waals surface area contributed by atoms with Crippen molar-refractivity contribution in [1.29, 1.82) is 0 Å². The van der Waals surface area contributed by atoms with Gasteiger partial charge in [0.2, 0.25) is 0 Å². The molecule has 0 aromatic heterocycles. The molecule has 24 nitrogen and oxygen atoms in total. The Bertz CT molecular complexity index is 818. The third kappa shape index (κ3) is 13.1. The highest BCUT2D eigenvalue weighted by Crippen LogP contribution is 2.56. The first-order valence-electron chi connectivity index (χ1n) is 7.97. The molecule has 36 heavy (non-hydrogen) atoms. The topological polar surface area (TPSA) is 406 Å². The minimum atomic E-state index is -6.52. The van der Waals surface area contributed by atoms with Gasteiger partial charge in [-0.2, -0.15) is 0 Å². The van der Waals surface area contributed by atoms with E-state index in [4.69, 9.17) is 48.9 Å². The van der Waals surface area contributed by atoms with Gasteiger partial charge < -0.3 is 67.8 Å². The standard InChI is InChI=1S/C6H18O24P6/c7-31(8,9)25-1-2(26-32(10,11)12)4(28-34(16,17)18)6(30-36(22,23)24)5(29-35(19,20)21)3(1)27-33(13,14)15/h1-6H,(H2,7,8,9)(H2,10,11,12)(H2,13,14,15)(H2,16,17,18)(H2,19,20,21)(H2,22,23,24)/p-2/t1-,2-,3?,4?,5-,6+/m0/s1. The first-order chi connectivity index (χ1) is 15.6. The fraction of sp³-hybridized carbons (Fsp3) is 1.00. The molecule has 0 bridgehead atoms. The van der Waals surface area contributed by atoms with Crippen molar-refractivity contribution in [2.45, 2.75) is 36.6 Å². The molecule has 0 heterocycles. The van der Waals surface area contributed by atoms with Crippen LogP contribution in [0.4, 0.5) is 0 Å². The summed E-state index contributed by atoms with van der Waals surface area (Å²) in [6.07, 6.45) is -19.3. The van der Waals surface area contributed by atoms with E-state index < -0.39 is 83.6 Å². The Kier molecular flexibility index (Phi) is 11.2. The molecule has 2 unspecified atom stereocenters. The minimum absolute atomic E-state index is 3.18. The van der Waals surface area contributed by atoms with Gasteiger partial charge in [-0.15, -0.1) is 0 Å². The highest BCUT2D eigenvalue weighted by Gasteiger charge is 2.61. The minimum Gasteiger partial charge on any atom is -0.790 e. The lowest BCUT2D eigenvalue weighted by molar-refractivity contribution is -0.352. The number of rotatable bonds is 12. The van der Waals surface area contributed by atoms with Crippen LogP contribution in [-0.2, 0) is 54.5 Å². The van der Waals surface area contributed by atoms with E-state index in [-0.39, 0.29) is 0 Å². The van der Waals surface area contributed by atoms with E-state index in [1.54, 1.807) is 0 Å². The summed E-state index contributed by atoms with van der Waals surface area (Å²) >= 11 is 0. The van der Waals surface area contributed by atoms with Crippen molar-refractivity contribution in [3.63, 3.8) is 0 Å². The van der Waals surface area contributed by atoms with Crippen LogP contribution in [-0.4, -0.2) is 85.6 Å². The Morgan fingerprint density at radius 1 is 0.361 bits per heavy atom. The Labute approximate surface area is 197 Å². The first-order valence-corrected chi connectivity index (χ1v) is 17.1. The second-order valence-electron chi connectivity index (χ2n) is 6.32. The van der Waals surface area contributed by atoms with Crippen molar-refractivity contribution in [3.05, 3.63) is 0 Å². The Morgan fingerprint density at radius 2 is 0.500 bits per heavy atom. The molecular weight excluding hydrogens is 642 g/mol. The van der Waals surface area contributed by atoms with Crippen molar-refractivity contribution >= 4 is 46.9 Å². The fourth-order valence-corrected chi connectivity index (χ4v) is 6.11. The number of hydrogen-bond acceptors (Lipinski definition) is 14. The summed E-state index contributed by atoms with van der Waals surface area (Å²) < 4.78 is 92.3. The summed E-state index contributed by atoms with van der Waals surface area (Å²) in [5, 5.41) is 0. The lowest BCUT2D eigenvalue weighted by atomic mass is 9.85. The average molecular weight is 658 g/mol. The monoisotopic (exact) mass is 658 g/mol. The molecular formula is C6H16O24P6-2. The molecule has 0 amide bonds. The summed E-state index contributed by atoms with van der Waals surface area (Å²) in [5.74, 6) is 0. The van der Waals surface area contributed by atoms with Gasteiger partial charge in [0.05, 0.1) is 7.82 Å².